The van der Waals surface area contributed by atoms with Crippen molar-refractivity contribution in [2.45, 2.75) is 6.92 Å². The Balaban J connectivity index is 2.96. The molecule has 76 valence electrons. The first-order valence-electron chi connectivity index (χ1n) is 4.11. The number of carboxylic acids is 1. The van der Waals surface area contributed by atoms with E-state index in [-0.39, 0.29) is 17.3 Å². The van der Waals surface area contributed by atoms with E-state index in [0.29, 0.717) is 6.54 Å². The molecular formula is C8H11N3O3. The second-order valence-electron chi connectivity index (χ2n) is 2.70. The topological polar surface area (TPSA) is 84.2 Å². The number of aryl methyl sites for hydroxylation is 1. The van der Waals surface area contributed by atoms with Crippen LogP contribution in [0.4, 0.5) is 0 Å². The van der Waals surface area contributed by atoms with Gasteiger partial charge in [0.15, 0.2) is 5.69 Å². The Labute approximate surface area is 80.5 Å². The number of nitrogens with zero attached hydrogens (tertiary/aromatic N) is 2. The van der Waals surface area contributed by atoms with Crippen LogP contribution < -0.4 is 5.32 Å². The summed E-state index contributed by atoms with van der Waals surface area (Å²) in [6.07, 6.45) is 0. The van der Waals surface area contributed by atoms with Crippen LogP contribution in [0.2, 0.25) is 0 Å². The Morgan fingerprint density at radius 1 is 1.64 bits per heavy atom. The van der Waals surface area contributed by atoms with E-state index in [0.717, 1.165) is 4.68 Å². The van der Waals surface area contributed by atoms with Gasteiger partial charge in [-0.3, -0.25) is 9.48 Å². The van der Waals surface area contributed by atoms with Crippen LogP contribution in [0.15, 0.2) is 6.07 Å². The maximum absolute atomic E-state index is 11.3. The number of hydrogen-bond donors (Lipinski definition) is 2. The molecule has 6 nitrogen and oxygen atoms in total. The number of nitrogens with one attached hydrogen (secondary N) is 1. The molecule has 0 fully saturated rings. The van der Waals surface area contributed by atoms with Gasteiger partial charge in [-0.15, -0.1) is 0 Å². The van der Waals surface area contributed by atoms with E-state index in [2.05, 4.69) is 10.4 Å². The first-order chi connectivity index (χ1) is 6.56. The van der Waals surface area contributed by atoms with Gasteiger partial charge in [0.05, 0.1) is 0 Å². The Morgan fingerprint density at radius 3 is 2.71 bits per heavy atom. The lowest BCUT2D eigenvalue weighted by Gasteiger charge is -1.95. The number of aromatic carboxylic acids is 1. The van der Waals surface area contributed by atoms with Gasteiger partial charge in [0.1, 0.15) is 5.69 Å². The quantitative estimate of drug-likeness (QED) is 0.706. The van der Waals surface area contributed by atoms with Crippen LogP contribution in [-0.4, -0.2) is 33.3 Å². The Bertz CT molecular complexity index is 370. The van der Waals surface area contributed by atoms with Crippen LogP contribution in [0.1, 0.15) is 27.9 Å². The van der Waals surface area contributed by atoms with Crippen LogP contribution in [0.5, 0.6) is 0 Å². The number of carboxylic acid groups (broad SMARTS) is 1. The second-order valence-corrected chi connectivity index (χ2v) is 2.70. The van der Waals surface area contributed by atoms with Gasteiger partial charge in [-0.1, -0.05) is 0 Å². The van der Waals surface area contributed by atoms with Gasteiger partial charge in [0.25, 0.3) is 5.91 Å². The summed E-state index contributed by atoms with van der Waals surface area (Å²) in [6.45, 7) is 2.26. The summed E-state index contributed by atoms with van der Waals surface area (Å²) in [5, 5.41) is 15.0. The number of carbonyl (C=O) groups excluding carboxylic acids is 1. The van der Waals surface area contributed by atoms with Gasteiger partial charge < -0.3 is 10.4 Å². The Hall–Kier alpha value is -1.85. The van der Waals surface area contributed by atoms with E-state index in [1.54, 1.807) is 6.92 Å². The summed E-state index contributed by atoms with van der Waals surface area (Å²) in [7, 11) is 1.48. The van der Waals surface area contributed by atoms with Gasteiger partial charge in [-0.25, -0.2) is 4.79 Å². The molecular weight excluding hydrogens is 186 g/mol. The SMILES string of the molecule is CCNC(=O)c1cc(C(=O)O)n(C)n1. The summed E-state index contributed by atoms with van der Waals surface area (Å²) in [5.74, 6) is -1.47. The van der Waals surface area contributed by atoms with Gasteiger partial charge in [-0.05, 0) is 6.92 Å². The molecule has 0 unspecified atom stereocenters. The van der Waals surface area contributed by atoms with Gasteiger partial charge in [-0.2, -0.15) is 5.10 Å². The molecule has 0 saturated carbocycles. The predicted molar refractivity (Wildman–Crippen MR) is 48.2 cm³/mol. The summed E-state index contributed by atoms with van der Waals surface area (Å²) < 4.78 is 1.16. The molecule has 14 heavy (non-hydrogen) atoms. The average molecular weight is 197 g/mol. The zero-order valence-corrected chi connectivity index (χ0v) is 7.94. The molecule has 0 aromatic carbocycles. The average Bonchev–Trinajstić information content (AvgIpc) is 2.48. The second kappa shape index (κ2) is 3.91. The zero-order valence-electron chi connectivity index (χ0n) is 7.94. The van der Waals surface area contributed by atoms with Crippen molar-refractivity contribution in [1.29, 1.82) is 0 Å². The van der Waals surface area contributed by atoms with E-state index in [9.17, 15) is 9.59 Å². The largest absolute Gasteiger partial charge is 0.477 e. The molecule has 0 radical (unpaired) electrons. The first-order valence-corrected chi connectivity index (χ1v) is 4.11. The fraction of sp³-hybridized carbons (Fsp3) is 0.375. The van der Waals surface area contributed by atoms with E-state index >= 15 is 0 Å². The molecule has 0 aliphatic heterocycles. The highest BCUT2D eigenvalue weighted by Gasteiger charge is 2.15. The molecule has 0 saturated heterocycles. The minimum absolute atomic E-state index is 0.00810. The van der Waals surface area contributed by atoms with Crippen molar-refractivity contribution in [3.05, 3.63) is 17.5 Å². The standard InChI is InChI=1S/C8H11N3O3/c1-3-9-7(12)5-4-6(8(13)14)11(2)10-5/h4H,3H2,1-2H3,(H,9,12)(H,13,14). The number of hydrogen-bond acceptors (Lipinski definition) is 3. The van der Waals surface area contributed by atoms with E-state index in [1.807, 2.05) is 0 Å². The Kier molecular flexibility index (Phi) is 2.85. The smallest absolute Gasteiger partial charge is 0.354 e. The molecule has 0 aliphatic carbocycles. The summed E-state index contributed by atoms with van der Waals surface area (Å²) in [6, 6.07) is 1.24. The summed E-state index contributed by atoms with van der Waals surface area (Å²) in [4.78, 5) is 21.9. The van der Waals surface area contributed by atoms with Crippen LogP contribution in [0.3, 0.4) is 0 Å². The third-order valence-corrected chi connectivity index (χ3v) is 1.67. The zero-order chi connectivity index (χ0) is 10.7. The number of rotatable bonds is 3. The van der Waals surface area contributed by atoms with E-state index in [4.69, 9.17) is 5.11 Å². The first kappa shape index (κ1) is 10.2. The highest BCUT2D eigenvalue weighted by molar-refractivity contribution is 5.95. The lowest BCUT2D eigenvalue weighted by molar-refractivity contribution is 0.0684. The molecule has 6 heteroatoms. The molecule has 1 amide bonds. The van der Waals surface area contributed by atoms with Crippen LogP contribution >= 0.6 is 0 Å². The van der Waals surface area contributed by atoms with Crippen LogP contribution in [-0.2, 0) is 7.05 Å². The van der Waals surface area contributed by atoms with E-state index in [1.165, 1.54) is 13.1 Å². The molecule has 0 aliphatic rings. The Morgan fingerprint density at radius 2 is 2.29 bits per heavy atom. The number of carbonyl (C=O) groups is 2. The lowest BCUT2D eigenvalue weighted by Crippen LogP contribution is -2.23. The van der Waals surface area contributed by atoms with Crippen molar-refractivity contribution in [2.24, 2.45) is 7.05 Å². The third kappa shape index (κ3) is 1.90. The van der Waals surface area contributed by atoms with Crippen molar-refractivity contribution in [1.82, 2.24) is 15.1 Å². The lowest BCUT2D eigenvalue weighted by atomic mass is 10.3. The molecule has 1 rings (SSSR count). The van der Waals surface area contributed by atoms with Crippen molar-refractivity contribution in [2.75, 3.05) is 6.54 Å². The van der Waals surface area contributed by atoms with Crippen LogP contribution in [0.25, 0.3) is 0 Å². The minimum atomic E-state index is -1.10. The van der Waals surface area contributed by atoms with Crippen molar-refractivity contribution >= 4 is 11.9 Å². The van der Waals surface area contributed by atoms with Crippen LogP contribution in [0, 0.1) is 0 Å². The molecule has 0 bridgehead atoms. The molecule has 1 heterocycles. The summed E-state index contributed by atoms with van der Waals surface area (Å²) in [5.41, 5.74) is 0.109. The maximum atomic E-state index is 11.3. The monoisotopic (exact) mass is 197 g/mol. The molecule has 0 spiro atoms. The highest BCUT2D eigenvalue weighted by atomic mass is 16.4. The molecule has 1 aromatic heterocycles. The molecule has 1 aromatic rings. The fourth-order valence-corrected chi connectivity index (χ4v) is 1.03. The van der Waals surface area contributed by atoms with Gasteiger partial charge in [0, 0.05) is 19.7 Å². The molecule has 0 atom stereocenters. The van der Waals surface area contributed by atoms with Crippen molar-refractivity contribution < 1.29 is 14.7 Å². The summed E-state index contributed by atoms with van der Waals surface area (Å²) >= 11 is 0. The van der Waals surface area contributed by atoms with Crippen molar-refractivity contribution in [3.63, 3.8) is 0 Å². The predicted octanol–water partition coefficient (Wildman–Crippen LogP) is -0.132. The van der Waals surface area contributed by atoms with Gasteiger partial charge >= 0.3 is 5.97 Å². The highest BCUT2D eigenvalue weighted by Crippen LogP contribution is 2.02. The fourth-order valence-electron chi connectivity index (χ4n) is 1.03. The molecule has 2 N–H and O–H groups in total. The number of aromatic nitrogens is 2. The minimum Gasteiger partial charge on any atom is -0.477 e. The maximum Gasteiger partial charge on any atom is 0.354 e. The third-order valence-electron chi connectivity index (χ3n) is 1.67. The van der Waals surface area contributed by atoms with Gasteiger partial charge in [0.2, 0.25) is 0 Å². The van der Waals surface area contributed by atoms with E-state index < -0.39 is 5.97 Å². The normalized spacial score (nSPS) is 9.86. The number of amides is 1. The van der Waals surface area contributed by atoms with Crippen molar-refractivity contribution in [3.8, 4) is 0 Å².